The molecule has 0 aliphatic carbocycles. The standard InChI is InChI=1S/C54H103NO4/c1-3-5-7-9-11-13-15-17-19-21-23-25-26-28-30-32-34-36-38-40-42-44-46-48-53(58)52(50-56)55-54(59)49-51(57)47-45-43-41-39-37-35-33-31-29-27-24-22-20-18-16-14-12-10-8-6-4-2/h30,32,38,40,46,48,51-53,56-58H,3-29,31,33-37,39,41-45,47,49-50H2,1-2H3,(H,55,59)/b32-30+,40-38+,48-46+. The van der Waals surface area contributed by atoms with Gasteiger partial charge >= 0.3 is 0 Å². The lowest BCUT2D eigenvalue weighted by atomic mass is 10.0. The molecule has 0 rings (SSSR count). The molecule has 3 unspecified atom stereocenters. The number of nitrogens with one attached hydrogen (secondary N) is 1. The number of carbonyl (C=O) groups excluding carboxylic acids is 1. The zero-order valence-electron chi connectivity index (χ0n) is 39.6. The fraction of sp³-hybridized carbons (Fsp3) is 0.870. The zero-order valence-corrected chi connectivity index (χ0v) is 39.6. The molecule has 0 saturated heterocycles. The van der Waals surface area contributed by atoms with Crippen molar-refractivity contribution in [2.75, 3.05) is 6.61 Å². The van der Waals surface area contributed by atoms with Crippen molar-refractivity contribution in [3.8, 4) is 0 Å². The van der Waals surface area contributed by atoms with E-state index in [4.69, 9.17) is 0 Å². The van der Waals surface area contributed by atoms with Crippen LogP contribution in [0.1, 0.15) is 277 Å². The molecule has 0 heterocycles. The van der Waals surface area contributed by atoms with Gasteiger partial charge in [0, 0.05) is 0 Å². The Morgan fingerprint density at radius 1 is 0.424 bits per heavy atom. The number of hydrogen-bond acceptors (Lipinski definition) is 4. The summed E-state index contributed by atoms with van der Waals surface area (Å²) in [5.74, 6) is -0.325. The van der Waals surface area contributed by atoms with Gasteiger partial charge in [0.15, 0.2) is 0 Å². The van der Waals surface area contributed by atoms with E-state index in [2.05, 4.69) is 43.5 Å². The van der Waals surface area contributed by atoms with E-state index in [0.717, 1.165) is 38.5 Å². The summed E-state index contributed by atoms with van der Waals surface area (Å²) in [4.78, 5) is 12.5. The molecule has 59 heavy (non-hydrogen) atoms. The molecule has 0 aliphatic heterocycles. The van der Waals surface area contributed by atoms with E-state index in [1.807, 2.05) is 6.08 Å². The minimum absolute atomic E-state index is 0.00551. The highest BCUT2D eigenvalue weighted by Gasteiger charge is 2.20. The topological polar surface area (TPSA) is 89.8 Å². The van der Waals surface area contributed by atoms with Gasteiger partial charge in [-0.2, -0.15) is 0 Å². The van der Waals surface area contributed by atoms with Gasteiger partial charge in [-0.15, -0.1) is 0 Å². The van der Waals surface area contributed by atoms with Crippen molar-refractivity contribution >= 4 is 5.91 Å². The van der Waals surface area contributed by atoms with E-state index in [1.165, 1.54) is 212 Å². The van der Waals surface area contributed by atoms with Gasteiger partial charge in [-0.05, 0) is 44.9 Å². The van der Waals surface area contributed by atoms with Gasteiger partial charge in [0.1, 0.15) is 0 Å². The van der Waals surface area contributed by atoms with Crippen molar-refractivity contribution < 1.29 is 20.1 Å². The van der Waals surface area contributed by atoms with Crippen LogP contribution >= 0.6 is 0 Å². The molecule has 0 aromatic rings. The third-order valence-corrected chi connectivity index (χ3v) is 12.2. The van der Waals surface area contributed by atoms with Crippen LogP contribution < -0.4 is 5.32 Å². The summed E-state index contributed by atoms with van der Waals surface area (Å²) in [5, 5.41) is 33.4. The SMILES string of the molecule is CCCCCCCCCCCCCCC/C=C/CC/C=C/CC/C=C/C(O)C(CO)NC(=O)CC(O)CCCCCCCCCCCCCCCCCCCCCCC. The summed E-state index contributed by atoms with van der Waals surface area (Å²) in [6.07, 6.45) is 63.2. The highest BCUT2D eigenvalue weighted by molar-refractivity contribution is 5.76. The third kappa shape index (κ3) is 45.9. The van der Waals surface area contributed by atoms with Gasteiger partial charge in [0.05, 0.1) is 31.3 Å². The number of rotatable bonds is 48. The molecule has 0 aliphatic rings. The third-order valence-electron chi connectivity index (χ3n) is 12.2. The van der Waals surface area contributed by atoms with E-state index in [1.54, 1.807) is 6.08 Å². The van der Waals surface area contributed by atoms with Crippen LogP contribution in [-0.4, -0.2) is 46.1 Å². The van der Waals surface area contributed by atoms with Crippen molar-refractivity contribution in [3.05, 3.63) is 36.5 Å². The summed E-state index contributed by atoms with van der Waals surface area (Å²) in [7, 11) is 0. The highest BCUT2D eigenvalue weighted by Crippen LogP contribution is 2.17. The second kappa shape index (κ2) is 49.2. The van der Waals surface area contributed by atoms with Crippen LogP contribution in [0.15, 0.2) is 36.5 Å². The highest BCUT2D eigenvalue weighted by atomic mass is 16.3. The second-order valence-electron chi connectivity index (χ2n) is 18.1. The lowest BCUT2D eigenvalue weighted by Gasteiger charge is -2.21. The first-order chi connectivity index (χ1) is 29.0. The number of aliphatic hydroxyl groups is 3. The van der Waals surface area contributed by atoms with Gasteiger partial charge in [-0.1, -0.05) is 262 Å². The fourth-order valence-corrected chi connectivity index (χ4v) is 8.14. The maximum absolute atomic E-state index is 12.5. The average molecular weight is 830 g/mol. The monoisotopic (exact) mass is 830 g/mol. The Hall–Kier alpha value is -1.43. The Morgan fingerprint density at radius 3 is 1.08 bits per heavy atom. The summed E-state index contributed by atoms with van der Waals surface area (Å²) < 4.78 is 0. The molecule has 1 amide bonds. The molecule has 3 atom stereocenters. The maximum atomic E-state index is 12.5. The second-order valence-corrected chi connectivity index (χ2v) is 18.1. The quantitative estimate of drug-likeness (QED) is 0.0363. The Labute approximate surface area is 368 Å². The normalized spacial score (nSPS) is 13.6. The predicted octanol–water partition coefficient (Wildman–Crippen LogP) is 15.9. The van der Waals surface area contributed by atoms with Crippen molar-refractivity contribution in [2.24, 2.45) is 0 Å². The number of hydrogen-bond donors (Lipinski definition) is 4. The van der Waals surface area contributed by atoms with E-state index in [-0.39, 0.29) is 18.9 Å². The van der Waals surface area contributed by atoms with Gasteiger partial charge in [-0.3, -0.25) is 4.79 Å². The number of carbonyl (C=O) groups is 1. The molecular formula is C54H103NO4. The number of aliphatic hydroxyl groups excluding tert-OH is 3. The Kier molecular flexibility index (Phi) is 48.0. The van der Waals surface area contributed by atoms with Crippen molar-refractivity contribution in [2.45, 2.75) is 295 Å². The summed E-state index contributed by atoms with van der Waals surface area (Å²) in [6.45, 7) is 4.23. The molecule has 0 spiro atoms. The summed E-state index contributed by atoms with van der Waals surface area (Å²) in [6, 6.07) is -0.766. The van der Waals surface area contributed by atoms with Crippen molar-refractivity contribution in [1.29, 1.82) is 0 Å². The molecule has 0 saturated carbocycles. The van der Waals surface area contributed by atoms with Gasteiger partial charge in [0.2, 0.25) is 5.91 Å². The molecule has 0 aromatic carbocycles. The molecule has 5 nitrogen and oxygen atoms in total. The van der Waals surface area contributed by atoms with E-state index < -0.39 is 18.2 Å². The fourth-order valence-electron chi connectivity index (χ4n) is 8.14. The molecule has 348 valence electrons. The zero-order chi connectivity index (χ0) is 43.0. The minimum Gasteiger partial charge on any atom is -0.394 e. The molecule has 4 N–H and O–H groups in total. The first-order valence-corrected chi connectivity index (χ1v) is 26.3. The van der Waals surface area contributed by atoms with E-state index >= 15 is 0 Å². The largest absolute Gasteiger partial charge is 0.394 e. The van der Waals surface area contributed by atoms with Gasteiger partial charge < -0.3 is 20.6 Å². The summed E-state index contributed by atoms with van der Waals surface area (Å²) >= 11 is 0. The van der Waals surface area contributed by atoms with Gasteiger partial charge in [-0.25, -0.2) is 0 Å². The minimum atomic E-state index is -0.959. The first-order valence-electron chi connectivity index (χ1n) is 26.3. The lowest BCUT2D eigenvalue weighted by Crippen LogP contribution is -2.45. The molecule has 5 heteroatoms. The average Bonchev–Trinajstić information content (AvgIpc) is 3.23. The van der Waals surface area contributed by atoms with Crippen molar-refractivity contribution in [3.63, 3.8) is 0 Å². The smallest absolute Gasteiger partial charge is 0.222 e. The molecule has 0 bridgehead atoms. The lowest BCUT2D eigenvalue weighted by molar-refractivity contribution is -0.124. The van der Waals surface area contributed by atoms with Gasteiger partial charge in [0.25, 0.3) is 0 Å². The van der Waals surface area contributed by atoms with Crippen LogP contribution in [0.2, 0.25) is 0 Å². The molecule has 0 radical (unpaired) electrons. The maximum Gasteiger partial charge on any atom is 0.222 e. The Morgan fingerprint density at radius 2 is 0.729 bits per heavy atom. The van der Waals surface area contributed by atoms with Crippen LogP contribution in [0.25, 0.3) is 0 Å². The van der Waals surface area contributed by atoms with E-state index in [0.29, 0.717) is 6.42 Å². The molecule has 0 fully saturated rings. The van der Waals surface area contributed by atoms with E-state index in [9.17, 15) is 20.1 Å². The summed E-state index contributed by atoms with van der Waals surface area (Å²) in [5.41, 5.74) is 0. The van der Waals surface area contributed by atoms with Crippen LogP contribution in [0.5, 0.6) is 0 Å². The Balaban J connectivity index is 3.65. The van der Waals surface area contributed by atoms with Crippen LogP contribution in [0, 0.1) is 0 Å². The molecule has 0 aromatic heterocycles. The van der Waals surface area contributed by atoms with Crippen molar-refractivity contribution in [1.82, 2.24) is 5.32 Å². The first kappa shape index (κ1) is 57.6. The Bertz CT molecular complexity index is 916. The molecular weight excluding hydrogens is 727 g/mol. The van der Waals surface area contributed by atoms with Crippen LogP contribution in [0.4, 0.5) is 0 Å². The number of unbranched alkanes of at least 4 members (excludes halogenated alkanes) is 35. The predicted molar refractivity (Wildman–Crippen MR) is 259 cm³/mol. The van der Waals surface area contributed by atoms with Crippen LogP contribution in [-0.2, 0) is 4.79 Å². The number of allylic oxidation sites excluding steroid dienone is 5. The number of amides is 1. The van der Waals surface area contributed by atoms with Crippen LogP contribution in [0.3, 0.4) is 0 Å².